The summed E-state index contributed by atoms with van der Waals surface area (Å²) >= 11 is 0. The molecule has 0 spiro atoms. The van der Waals surface area contributed by atoms with Crippen LogP contribution in [0.15, 0.2) is 42.5 Å². The van der Waals surface area contributed by atoms with Gasteiger partial charge in [0.25, 0.3) is 0 Å². The maximum atomic E-state index is 12.0. The van der Waals surface area contributed by atoms with Crippen molar-refractivity contribution in [2.75, 3.05) is 0 Å². The molecule has 4 heteroatoms. The molecule has 0 bridgehead atoms. The third kappa shape index (κ3) is 3.15. The van der Waals surface area contributed by atoms with Crippen molar-refractivity contribution in [3.05, 3.63) is 48.0 Å². The Balaban J connectivity index is 2.16. The number of amides is 1. The normalized spacial score (nSPS) is 12.1. The molecular weight excluding hydrogens is 254 g/mol. The van der Waals surface area contributed by atoms with Crippen LogP contribution in [-0.4, -0.2) is 23.0 Å². The molecule has 2 N–H and O–H groups in total. The van der Waals surface area contributed by atoms with Crippen molar-refractivity contribution in [2.45, 2.75) is 25.8 Å². The Hall–Kier alpha value is -2.36. The van der Waals surface area contributed by atoms with Gasteiger partial charge in [-0.1, -0.05) is 49.4 Å². The Morgan fingerprint density at radius 3 is 2.55 bits per heavy atom. The minimum absolute atomic E-state index is 0.186. The van der Waals surface area contributed by atoms with E-state index in [1.807, 2.05) is 42.5 Å². The third-order valence-electron chi connectivity index (χ3n) is 3.27. The third-order valence-corrected chi connectivity index (χ3v) is 3.27. The molecule has 104 valence electrons. The van der Waals surface area contributed by atoms with Crippen LogP contribution in [-0.2, 0) is 16.0 Å². The van der Waals surface area contributed by atoms with Gasteiger partial charge in [-0.3, -0.25) is 4.79 Å². The summed E-state index contributed by atoms with van der Waals surface area (Å²) < 4.78 is 0. The Labute approximate surface area is 117 Å². The van der Waals surface area contributed by atoms with E-state index in [4.69, 9.17) is 5.11 Å². The first-order chi connectivity index (χ1) is 9.61. The van der Waals surface area contributed by atoms with Crippen LogP contribution in [0.4, 0.5) is 0 Å². The van der Waals surface area contributed by atoms with Crippen molar-refractivity contribution < 1.29 is 14.7 Å². The highest BCUT2D eigenvalue weighted by molar-refractivity contribution is 5.91. The zero-order valence-corrected chi connectivity index (χ0v) is 11.3. The second kappa shape index (κ2) is 6.19. The Morgan fingerprint density at radius 2 is 1.85 bits per heavy atom. The quantitative estimate of drug-likeness (QED) is 0.877. The second-order valence-electron chi connectivity index (χ2n) is 4.68. The Kier molecular flexibility index (Phi) is 4.35. The Bertz CT molecular complexity index is 631. The van der Waals surface area contributed by atoms with Gasteiger partial charge in [0.15, 0.2) is 0 Å². The van der Waals surface area contributed by atoms with Crippen LogP contribution in [0.2, 0.25) is 0 Å². The molecule has 4 nitrogen and oxygen atoms in total. The van der Waals surface area contributed by atoms with E-state index in [-0.39, 0.29) is 12.3 Å². The van der Waals surface area contributed by atoms with E-state index in [2.05, 4.69) is 5.32 Å². The molecule has 2 aromatic carbocycles. The lowest BCUT2D eigenvalue weighted by atomic mass is 10.0. The first-order valence-corrected chi connectivity index (χ1v) is 6.60. The van der Waals surface area contributed by atoms with E-state index in [9.17, 15) is 9.59 Å². The van der Waals surface area contributed by atoms with Gasteiger partial charge in [0, 0.05) is 0 Å². The van der Waals surface area contributed by atoms with Gasteiger partial charge in [0.2, 0.25) is 5.91 Å². The van der Waals surface area contributed by atoms with Gasteiger partial charge in [0.1, 0.15) is 6.04 Å². The number of hydrogen-bond acceptors (Lipinski definition) is 2. The maximum absolute atomic E-state index is 12.0. The molecule has 2 aromatic rings. The van der Waals surface area contributed by atoms with Crippen LogP contribution in [0.3, 0.4) is 0 Å². The van der Waals surface area contributed by atoms with Gasteiger partial charge in [-0.05, 0) is 22.8 Å². The molecule has 0 fully saturated rings. The van der Waals surface area contributed by atoms with Gasteiger partial charge < -0.3 is 10.4 Å². The van der Waals surface area contributed by atoms with E-state index < -0.39 is 12.0 Å². The van der Waals surface area contributed by atoms with Gasteiger partial charge in [-0.25, -0.2) is 4.79 Å². The number of hydrogen-bond donors (Lipinski definition) is 2. The van der Waals surface area contributed by atoms with E-state index >= 15 is 0 Å². The average Bonchev–Trinajstić information content (AvgIpc) is 2.45. The summed E-state index contributed by atoms with van der Waals surface area (Å²) in [7, 11) is 0. The van der Waals surface area contributed by atoms with Crippen LogP contribution in [0.1, 0.15) is 18.9 Å². The number of benzene rings is 2. The largest absolute Gasteiger partial charge is 0.480 e. The summed E-state index contributed by atoms with van der Waals surface area (Å²) in [5.74, 6) is -1.27. The molecule has 2 rings (SSSR count). The standard InChI is InChI=1S/C16H17NO3/c1-2-14(16(19)20)17-15(18)10-12-8-5-7-11-6-3-4-9-13(11)12/h3-9,14H,2,10H2,1H3,(H,17,18)(H,19,20). The SMILES string of the molecule is CCC(NC(=O)Cc1cccc2ccccc12)C(=O)O. The monoisotopic (exact) mass is 271 g/mol. The van der Waals surface area contributed by atoms with Crippen LogP contribution >= 0.6 is 0 Å². The van der Waals surface area contributed by atoms with E-state index in [0.717, 1.165) is 16.3 Å². The summed E-state index contributed by atoms with van der Waals surface area (Å²) in [6.07, 6.45) is 0.557. The fraction of sp³-hybridized carbons (Fsp3) is 0.250. The van der Waals surface area contributed by atoms with E-state index in [1.54, 1.807) is 6.92 Å². The van der Waals surface area contributed by atoms with Crippen molar-refractivity contribution in [1.82, 2.24) is 5.32 Å². The van der Waals surface area contributed by atoms with Gasteiger partial charge in [-0.2, -0.15) is 0 Å². The minimum Gasteiger partial charge on any atom is -0.480 e. The molecule has 0 aliphatic carbocycles. The molecule has 0 aliphatic rings. The smallest absolute Gasteiger partial charge is 0.326 e. The van der Waals surface area contributed by atoms with Gasteiger partial charge in [0.05, 0.1) is 6.42 Å². The van der Waals surface area contributed by atoms with Crippen molar-refractivity contribution in [2.24, 2.45) is 0 Å². The summed E-state index contributed by atoms with van der Waals surface area (Å²) in [6, 6.07) is 12.8. The lowest BCUT2D eigenvalue weighted by Crippen LogP contribution is -2.40. The second-order valence-corrected chi connectivity index (χ2v) is 4.68. The number of carbonyl (C=O) groups excluding carboxylic acids is 1. The number of rotatable bonds is 5. The molecule has 20 heavy (non-hydrogen) atoms. The van der Waals surface area contributed by atoms with Crippen molar-refractivity contribution in [3.63, 3.8) is 0 Å². The number of fused-ring (bicyclic) bond motifs is 1. The molecule has 0 heterocycles. The zero-order chi connectivity index (χ0) is 14.5. The van der Waals surface area contributed by atoms with Crippen LogP contribution in [0.25, 0.3) is 10.8 Å². The number of carboxylic acids is 1. The van der Waals surface area contributed by atoms with Gasteiger partial charge in [-0.15, -0.1) is 0 Å². The molecule has 1 unspecified atom stereocenters. The number of aliphatic carboxylic acids is 1. The first-order valence-electron chi connectivity index (χ1n) is 6.60. The molecule has 0 aromatic heterocycles. The summed E-state index contributed by atoms with van der Waals surface area (Å²) in [5, 5.41) is 13.6. The minimum atomic E-state index is -1.00. The molecule has 0 saturated carbocycles. The van der Waals surface area contributed by atoms with E-state index in [0.29, 0.717) is 6.42 Å². The fourth-order valence-electron chi connectivity index (χ4n) is 2.20. The van der Waals surface area contributed by atoms with Crippen LogP contribution in [0, 0.1) is 0 Å². The molecule has 1 atom stereocenters. The predicted molar refractivity (Wildman–Crippen MR) is 77.5 cm³/mol. The lowest BCUT2D eigenvalue weighted by Gasteiger charge is -2.13. The van der Waals surface area contributed by atoms with Crippen LogP contribution < -0.4 is 5.32 Å². The van der Waals surface area contributed by atoms with Crippen LogP contribution in [0.5, 0.6) is 0 Å². The van der Waals surface area contributed by atoms with Gasteiger partial charge >= 0.3 is 5.97 Å². The van der Waals surface area contributed by atoms with Crippen molar-refractivity contribution in [3.8, 4) is 0 Å². The highest BCUT2D eigenvalue weighted by Crippen LogP contribution is 2.18. The molecule has 0 radical (unpaired) electrons. The molecule has 0 saturated heterocycles. The molecule has 1 amide bonds. The highest BCUT2D eigenvalue weighted by Gasteiger charge is 2.17. The number of carboxylic acid groups (broad SMARTS) is 1. The van der Waals surface area contributed by atoms with E-state index in [1.165, 1.54) is 0 Å². The average molecular weight is 271 g/mol. The first kappa shape index (κ1) is 14.1. The fourth-order valence-corrected chi connectivity index (χ4v) is 2.20. The summed E-state index contributed by atoms with van der Waals surface area (Å²) in [5.41, 5.74) is 0.904. The molecular formula is C16H17NO3. The maximum Gasteiger partial charge on any atom is 0.326 e. The lowest BCUT2D eigenvalue weighted by molar-refractivity contribution is -0.141. The molecule has 0 aliphatic heterocycles. The number of carbonyl (C=O) groups is 2. The summed E-state index contributed by atoms with van der Waals surface area (Å²) in [4.78, 5) is 22.9. The summed E-state index contributed by atoms with van der Waals surface area (Å²) in [6.45, 7) is 1.73. The highest BCUT2D eigenvalue weighted by atomic mass is 16.4. The van der Waals surface area contributed by atoms with Crippen molar-refractivity contribution in [1.29, 1.82) is 0 Å². The zero-order valence-electron chi connectivity index (χ0n) is 11.3. The van der Waals surface area contributed by atoms with Crippen molar-refractivity contribution >= 4 is 22.6 Å². The predicted octanol–water partition coefficient (Wildman–Crippen LogP) is 2.36. The topological polar surface area (TPSA) is 66.4 Å². The Morgan fingerprint density at radius 1 is 1.15 bits per heavy atom. The number of nitrogens with one attached hydrogen (secondary N) is 1.